The SMILES string of the molecule is COCCN1C[C@@H](NC(=O)Nc2c(C)c(-c3cnc4c(c3)c(=O)n(C)n4C)nn2-c2ccccc2)[C@H](c2cnc(F)c(F)c2)O1. The number of anilines is 1. The number of nitrogens with one attached hydrogen (secondary N) is 2. The number of fused-ring (bicyclic) bond motifs is 1. The predicted molar refractivity (Wildman–Crippen MR) is 161 cm³/mol. The van der Waals surface area contributed by atoms with Crippen molar-refractivity contribution in [2.45, 2.75) is 19.1 Å². The molecule has 2 amide bonds. The minimum Gasteiger partial charge on any atom is -0.383 e. The number of amides is 2. The number of pyridine rings is 2. The van der Waals surface area contributed by atoms with E-state index in [1.807, 2.05) is 37.3 Å². The monoisotopic (exact) mass is 619 g/mol. The number of carbonyl (C=O) groups excluding carboxylic acids is 1. The van der Waals surface area contributed by atoms with Gasteiger partial charge in [-0.15, -0.1) is 0 Å². The molecule has 13 nitrogen and oxygen atoms in total. The fourth-order valence-corrected chi connectivity index (χ4v) is 5.38. The Bertz CT molecular complexity index is 1940. The molecule has 45 heavy (non-hydrogen) atoms. The highest BCUT2D eigenvalue weighted by molar-refractivity contribution is 5.91. The molecule has 0 spiro atoms. The van der Waals surface area contributed by atoms with E-state index >= 15 is 0 Å². The summed E-state index contributed by atoms with van der Waals surface area (Å²) in [6.07, 6.45) is 1.99. The number of hydroxylamine groups is 2. The second-order valence-electron chi connectivity index (χ2n) is 10.7. The van der Waals surface area contributed by atoms with Gasteiger partial charge in [-0.05, 0) is 31.2 Å². The minimum absolute atomic E-state index is 0.191. The lowest BCUT2D eigenvalue weighted by molar-refractivity contribution is -0.154. The van der Waals surface area contributed by atoms with Gasteiger partial charge in [0.1, 0.15) is 11.9 Å². The van der Waals surface area contributed by atoms with Crippen molar-refractivity contribution in [2.75, 3.05) is 32.1 Å². The van der Waals surface area contributed by atoms with Crippen molar-refractivity contribution < 1.29 is 23.1 Å². The van der Waals surface area contributed by atoms with E-state index in [0.717, 1.165) is 6.07 Å². The van der Waals surface area contributed by atoms with Gasteiger partial charge >= 0.3 is 6.03 Å². The van der Waals surface area contributed by atoms with Crippen molar-refractivity contribution in [3.63, 3.8) is 0 Å². The molecule has 0 saturated carbocycles. The van der Waals surface area contributed by atoms with Crippen LogP contribution in [0.2, 0.25) is 0 Å². The van der Waals surface area contributed by atoms with E-state index in [9.17, 15) is 18.4 Å². The zero-order chi connectivity index (χ0) is 31.8. The predicted octanol–water partition coefficient (Wildman–Crippen LogP) is 3.23. The van der Waals surface area contributed by atoms with Gasteiger partial charge in [-0.3, -0.25) is 24.3 Å². The van der Waals surface area contributed by atoms with Crippen LogP contribution >= 0.6 is 0 Å². The summed E-state index contributed by atoms with van der Waals surface area (Å²) in [4.78, 5) is 40.3. The second kappa shape index (κ2) is 12.2. The number of rotatable bonds is 8. The number of hydrogen-bond acceptors (Lipinski definition) is 8. The number of urea groups is 1. The molecular weight excluding hydrogens is 588 g/mol. The molecule has 5 aromatic rings. The highest BCUT2D eigenvalue weighted by Crippen LogP contribution is 2.32. The number of halogens is 2. The van der Waals surface area contributed by atoms with Crippen LogP contribution in [-0.2, 0) is 23.7 Å². The summed E-state index contributed by atoms with van der Waals surface area (Å²) in [5.41, 5.74) is 3.06. The number of para-hydroxylation sites is 1. The molecular formula is C30H31F2N9O4. The summed E-state index contributed by atoms with van der Waals surface area (Å²) in [5, 5.41) is 12.7. The summed E-state index contributed by atoms with van der Waals surface area (Å²) >= 11 is 0. The van der Waals surface area contributed by atoms with E-state index in [1.54, 1.807) is 47.9 Å². The Kier molecular flexibility index (Phi) is 8.14. The number of aryl methyl sites for hydroxylation is 1. The van der Waals surface area contributed by atoms with Gasteiger partial charge in [0.05, 0.1) is 29.4 Å². The van der Waals surface area contributed by atoms with Crippen LogP contribution < -0.4 is 16.2 Å². The van der Waals surface area contributed by atoms with Crippen molar-refractivity contribution in [1.82, 2.24) is 39.5 Å². The Balaban J connectivity index is 1.33. The van der Waals surface area contributed by atoms with Crippen molar-refractivity contribution >= 4 is 22.9 Å². The average Bonchev–Trinajstić information content (AvgIpc) is 3.66. The topological polar surface area (TPSA) is 133 Å². The maximum Gasteiger partial charge on any atom is 0.320 e. The van der Waals surface area contributed by atoms with Gasteiger partial charge in [0, 0.05) is 63.4 Å². The number of ether oxygens (including phenoxy) is 1. The molecule has 1 fully saturated rings. The van der Waals surface area contributed by atoms with Crippen LogP contribution in [0.25, 0.3) is 28.0 Å². The second-order valence-corrected chi connectivity index (χ2v) is 10.7. The molecule has 5 heterocycles. The molecule has 1 aliphatic rings. The first-order valence-corrected chi connectivity index (χ1v) is 14.1. The molecule has 4 aromatic heterocycles. The molecule has 2 N–H and O–H groups in total. The molecule has 15 heteroatoms. The van der Waals surface area contributed by atoms with E-state index in [1.165, 1.54) is 10.9 Å². The molecule has 0 radical (unpaired) electrons. The number of benzene rings is 1. The molecule has 6 rings (SSSR count). The van der Waals surface area contributed by atoms with Crippen LogP contribution in [0.15, 0.2) is 59.7 Å². The van der Waals surface area contributed by atoms with E-state index in [0.29, 0.717) is 52.5 Å². The van der Waals surface area contributed by atoms with Gasteiger partial charge in [0.2, 0.25) is 5.95 Å². The van der Waals surface area contributed by atoms with Gasteiger partial charge in [-0.25, -0.2) is 23.8 Å². The van der Waals surface area contributed by atoms with E-state index in [2.05, 4.69) is 20.6 Å². The molecule has 234 valence electrons. The molecule has 2 atom stereocenters. The highest BCUT2D eigenvalue weighted by Gasteiger charge is 2.37. The van der Waals surface area contributed by atoms with Gasteiger partial charge in [-0.2, -0.15) is 14.6 Å². The first-order chi connectivity index (χ1) is 21.7. The molecule has 1 saturated heterocycles. The lowest BCUT2D eigenvalue weighted by Gasteiger charge is -2.19. The number of nitrogens with zero attached hydrogens (tertiary/aromatic N) is 7. The summed E-state index contributed by atoms with van der Waals surface area (Å²) in [7, 11) is 4.97. The Morgan fingerprint density at radius 1 is 1.11 bits per heavy atom. The number of hydrogen-bond donors (Lipinski definition) is 2. The standard InChI is InChI=1S/C30H31F2N9O4/c1-17-24(18-12-21-28(34-14-18)38(2)39(3)29(21)42)37-41(20-8-6-5-7-9-20)27(17)36-30(43)35-23-16-40(10-11-44-4)45-25(23)19-13-22(31)26(32)33-15-19/h5-9,12-15,23,25H,10-11,16H2,1-4H3,(H2,35,36,43)/t23-,25+/m1/s1. The van der Waals surface area contributed by atoms with Crippen molar-refractivity contribution in [3.05, 3.63) is 88.1 Å². The minimum atomic E-state index is -1.22. The fraction of sp³-hybridized carbons (Fsp3) is 0.300. The summed E-state index contributed by atoms with van der Waals surface area (Å²) < 4.78 is 37.5. The maximum atomic E-state index is 14.1. The third-order valence-corrected chi connectivity index (χ3v) is 7.81. The quantitative estimate of drug-likeness (QED) is 0.253. The molecule has 1 aromatic carbocycles. The Labute approximate surface area is 255 Å². The normalized spacial score (nSPS) is 16.8. The van der Waals surface area contributed by atoms with E-state index in [-0.39, 0.29) is 17.7 Å². The maximum absolute atomic E-state index is 14.1. The summed E-state index contributed by atoms with van der Waals surface area (Å²) in [6, 6.07) is 10.8. The average molecular weight is 620 g/mol. The van der Waals surface area contributed by atoms with Gasteiger partial charge in [0.15, 0.2) is 11.5 Å². The van der Waals surface area contributed by atoms with Crippen LogP contribution in [0.4, 0.5) is 19.4 Å². The third-order valence-electron chi connectivity index (χ3n) is 7.81. The highest BCUT2D eigenvalue weighted by atomic mass is 19.2. The lowest BCUT2D eigenvalue weighted by atomic mass is 10.0. The third kappa shape index (κ3) is 5.68. The molecule has 0 aliphatic carbocycles. The van der Waals surface area contributed by atoms with Crippen LogP contribution in [0.5, 0.6) is 0 Å². The van der Waals surface area contributed by atoms with E-state index < -0.39 is 29.9 Å². The Morgan fingerprint density at radius 3 is 2.62 bits per heavy atom. The molecule has 0 bridgehead atoms. The first-order valence-electron chi connectivity index (χ1n) is 14.1. The summed E-state index contributed by atoms with van der Waals surface area (Å²) in [5.74, 6) is -1.96. The van der Waals surface area contributed by atoms with Crippen molar-refractivity contribution in [2.24, 2.45) is 14.1 Å². The first kappa shape index (κ1) is 30.1. The number of aromatic nitrogens is 6. The van der Waals surface area contributed by atoms with Crippen LogP contribution in [-0.4, -0.2) is 73.1 Å². The van der Waals surface area contributed by atoms with Crippen LogP contribution in [0.1, 0.15) is 17.2 Å². The van der Waals surface area contributed by atoms with E-state index in [4.69, 9.17) is 14.7 Å². The zero-order valence-electron chi connectivity index (χ0n) is 25.0. The van der Waals surface area contributed by atoms with Crippen LogP contribution in [0, 0.1) is 18.7 Å². The Hall–Kier alpha value is -4.99. The Morgan fingerprint density at radius 2 is 1.89 bits per heavy atom. The van der Waals surface area contributed by atoms with Gasteiger partial charge < -0.3 is 10.1 Å². The number of carbonyl (C=O) groups is 1. The lowest BCUT2D eigenvalue weighted by Crippen LogP contribution is -2.42. The summed E-state index contributed by atoms with van der Waals surface area (Å²) in [6.45, 7) is 2.80. The smallest absolute Gasteiger partial charge is 0.320 e. The molecule has 0 unspecified atom stereocenters. The van der Waals surface area contributed by atoms with Crippen LogP contribution in [0.3, 0.4) is 0 Å². The molecule has 1 aliphatic heterocycles. The zero-order valence-corrected chi connectivity index (χ0v) is 25.0. The van der Waals surface area contributed by atoms with Crippen molar-refractivity contribution in [1.29, 1.82) is 0 Å². The van der Waals surface area contributed by atoms with Gasteiger partial charge in [-0.1, -0.05) is 18.2 Å². The van der Waals surface area contributed by atoms with Crippen molar-refractivity contribution in [3.8, 4) is 16.9 Å². The fourth-order valence-electron chi connectivity index (χ4n) is 5.38. The van der Waals surface area contributed by atoms with Gasteiger partial charge in [0.25, 0.3) is 5.56 Å². The largest absolute Gasteiger partial charge is 0.383 e. The number of methoxy groups -OCH3 is 1.